The fraction of sp³-hybridized carbons (Fsp3) is 0.333. The van der Waals surface area contributed by atoms with Crippen LogP contribution in [0.1, 0.15) is 16.8 Å². The van der Waals surface area contributed by atoms with Gasteiger partial charge in [-0.1, -0.05) is 17.7 Å². The van der Waals surface area contributed by atoms with Crippen molar-refractivity contribution < 1.29 is 12.8 Å². The SMILES string of the molecule is CS(=O)(=O)c1nc2c(c(=O)[nH]1)CN(Cc1ccc(F)c(Cl)c1)CC2. The van der Waals surface area contributed by atoms with Gasteiger partial charge in [-0.3, -0.25) is 14.7 Å². The maximum absolute atomic E-state index is 13.2. The molecule has 0 aliphatic carbocycles. The predicted molar refractivity (Wildman–Crippen MR) is 87.2 cm³/mol. The largest absolute Gasteiger partial charge is 0.297 e. The van der Waals surface area contributed by atoms with Crippen molar-refractivity contribution in [1.29, 1.82) is 0 Å². The lowest BCUT2D eigenvalue weighted by atomic mass is 10.1. The van der Waals surface area contributed by atoms with Crippen LogP contribution in [-0.2, 0) is 29.3 Å². The van der Waals surface area contributed by atoms with E-state index in [4.69, 9.17) is 11.6 Å². The van der Waals surface area contributed by atoms with E-state index in [1.54, 1.807) is 12.1 Å². The fourth-order valence-corrected chi connectivity index (χ4v) is 3.42. The van der Waals surface area contributed by atoms with Crippen LogP contribution in [0.3, 0.4) is 0 Å². The minimum atomic E-state index is -3.56. The Morgan fingerprint density at radius 2 is 2.17 bits per heavy atom. The number of H-pyrrole nitrogens is 1. The van der Waals surface area contributed by atoms with Gasteiger partial charge in [0.1, 0.15) is 5.82 Å². The molecule has 1 aromatic carbocycles. The molecule has 128 valence electrons. The predicted octanol–water partition coefficient (Wildman–Crippen LogP) is 1.52. The minimum Gasteiger partial charge on any atom is -0.297 e. The van der Waals surface area contributed by atoms with Gasteiger partial charge in [0.15, 0.2) is 0 Å². The van der Waals surface area contributed by atoms with Crippen LogP contribution in [0, 0.1) is 5.82 Å². The highest BCUT2D eigenvalue weighted by Crippen LogP contribution is 2.20. The molecule has 0 spiro atoms. The Bertz CT molecular complexity index is 959. The van der Waals surface area contributed by atoms with E-state index in [2.05, 4.69) is 9.97 Å². The van der Waals surface area contributed by atoms with Crippen LogP contribution in [0.5, 0.6) is 0 Å². The molecule has 2 aromatic rings. The van der Waals surface area contributed by atoms with Gasteiger partial charge < -0.3 is 0 Å². The van der Waals surface area contributed by atoms with Crippen LogP contribution in [0.4, 0.5) is 4.39 Å². The fourth-order valence-electron chi connectivity index (χ4n) is 2.66. The van der Waals surface area contributed by atoms with Crippen molar-refractivity contribution in [3.8, 4) is 0 Å². The molecule has 1 aliphatic rings. The zero-order chi connectivity index (χ0) is 17.5. The van der Waals surface area contributed by atoms with E-state index in [1.165, 1.54) is 6.07 Å². The minimum absolute atomic E-state index is 0.0576. The van der Waals surface area contributed by atoms with Gasteiger partial charge in [0.2, 0.25) is 15.0 Å². The number of benzene rings is 1. The van der Waals surface area contributed by atoms with Crippen molar-refractivity contribution in [2.24, 2.45) is 0 Å². The molecule has 0 radical (unpaired) electrons. The van der Waals surface area contributed by atoms with Crippen LogP contribution in [0.25, 0.3) is 0 Å². The number of sulfone groups is 1. The molecule has 1 aliphatic heterocycles. The number of nitrogens with one attached hydrogen (secondary N) is 1. The average molecular weight is 372 g/mol. The zero-order valence-electron chi connectivity index (χ0n) is 12.8. The highest BCUT2D eigenvalue weighted by Gasteiger charge is 2.23. The summed E-state index contributed by atoms with van der Waals surface area (Å²) < 4.78 is 36.3. The quantitative estimate of drug-likeness (QED) is 0.827. The van der Waals surface area contributed by atoms with Gasteiger partial charge in [-0.15, -0.1) is 0 Å². The molecule has 6 nitrogen and oxygen atoms in total. The summed E-state index contributed by atoms with van der Waals surface area (Å²) in [5.41, 5.74) is 1.36. The molecule has 24 heavy (non-hydrogen) atoms. The molecule has 9 heteroatoms. The van der Waals surface area contributed by atoms with Crippen LogP contribution in [-0.4, -0.2) is 36.1 Å². The summed E-state index contributed by atoms with van der Waals surface area (Å²) in [5, 5.41) is -0.243. The molecule has 0 atom stereocenters. The Morgan fingerprint density at radius 1 is 1.42 bits per heavy atom. The molecule has 1 aromatic heterocycles. The van der Waals surface area contributed by atoms with E-state index in [-0.39, 0.29) is 10.2 Å². The Morgan fingerprint density at radius 3 is 2.83 bits per heavy atom. The maximum Gasteiger partial charge on any atom is 0.256 e. The lowest BCUT2D eigenvalue weighted by Gasteiger charge is -2.27. The van der Waals surface area contributed by atoms with E-state index in [9.17, 15) is 17.6 Å². The smallest absolute Gasteiger partial charge is 0.256 e. The number of halogens is 2. The summed E-state index contributed by atoms with van der Waals surface area (Å²) in [6.07, 6.45) is 1.47. The molecule has 0 bridgehead atoms. The summed E-state index contributed by atoms with van der Waals surface area (Å²) in [7, 11) is -3.56. The van der Waals surface area contributed by atoms with Crippen molar-refractivity contribution >= 4 is 21.4 Å². The first kappa shape index (κ1) is 17.1. The lowest BCUT2D eigenvalue weighted by Crippen LogP contribution is -2.36. The number of rotatable bonds is 3. The normalized spacial score (nSPS) is 15.3. The third kappa shape index (κ3) is 3.50. The Hall–Kier alpha value is -1.77. The second-order valence-corrected chi connectivity index (χ2v) is 8.12. The van der Waals surface area contributed by atoms with Crippen LogP contribution >= 0.6 is 11.6 Å². The van der Waals surface area contributed by atoms with Gasteiger partial charge >= 0.3 is 0 Å². The van der Waals surface area contributed by atoms with Gasteiger partial charge in [0.05, 0.1) is 16.3 Å². The molecule has 0 saturated carbocycles. The Balaban J connectivity index is 1.84. The number of aromatic amines is 1. The van der Waals surface area contributed by atoms with Gasteiger partial charge in [-0.2, -0.15) is 0 Å². The summed E-state index contributed by atoms with van der Waals surface area (Å²) in [6.45, 7) is 1.46. The van der Waals surface area contributed by atoms with E-state index in [0.717, 1.165) is 11.8 Å². The molecule has 0 unspecified atom stereocenters. The molecule has 3 rings (SSSR count). The van der Waals surface area contributed by atoms with Gasteiger partial charge in [-0.05, 0) is 17.7 Å². The number of hydrogen-bond donors (Lipinski definition) is 1. The van der Waals surface area contributed by atoms with Crippen molar-refractivity contribution in [2.45, 2.75) is 24.7 Å². The summed E-state index contributed by atoms with van der Waals surface area (Å²) >= 11 is 5.78. The zero-order valence-corrected chi connectivity index (χ0v) is 14.4. The van der Waals surface area contributed by atoms with Crippen molar-refractivity contribution in [1.82, 2.24) is 14.9 Å². The summed E-state index contributed by atoms with van der Waals surface area (Å²) in [5.74, 6) is -0.474. The van der Waals surface area contributed by atoms with Crippen LogP contribution in [0.15, 0.2) is 28.2 Å². The highest BCUT2D eigenvalue weighted by molar-refractivity contribution is 7.90. The highest BCUT2D eigenvalue weighted by atomic mass is 35.5. The second-order valence-electron chi connectivity index (χ2n) is 5.78. The molecular formula is C15H15ClFN3O3S. The first-order valence-electron chi connectivity index (χ1n) is 7.22. The molecule has 2 heterocycles. The number of nitrogens with zero attached hydrogens (tertiary/aromatic N) is 2. The first-order chi connectivity index (χ1) is 11.2. The topological polar surface area (TPSA) is 83.1 Å². The standard InChI is InChI=1S/C15H15ClFN3O3S/c1-24(22,23)15-18-13-4-5-20(8-10(13)14(21)19-15)7-9-2-3-12(17)11(16)6-9/h2-3,6H,4-5,7-8H2,1H3,(H,18,19,21). The second kappa shape index (κ2) is 6.27. The number of aromatic nitrogens is 2. The van der Waals surface area contributed by atoms with Crippen LogP contribution in [0.2, 0.25) is 5.02 Å². The monoisotopic (exact) mass is 371 g/mol. The molecule has 0 amide bonds. The van der Waals surface area contributed by atoms with Crippen molar-refractivity contribution in [3.05, 3.63) is 56.2 Å². The van der Waals surface area contributed by atoms with Gasteiger partial charge in [0, 0.05) is 32.3 Å². The van der Waals surface area contributed by atoms with Crippen molar-refractivity contribution in [3.63, 3.8) is 0 Å². The molecule has 0 fully saturated rings. The number of hydrogen-bond acceptors (Lipinski definition) is 5. The van der Waals surface area contributed by atoms with E-state index in [1.807, 2.05) is 4.90 Å². The van der Waals surface area contributed by atoms with Gasteiger partial charge in [0.25, 0.3) is 5.56 Å². The average Bonchev–Trinajstić information content (AvgIpc) is 2.50. The van der Waals surface area contributed by atoms with Gasteiger partial charge in [-0.25, -0.2) is 17.8 Å². The van der Waals surface area contributed by atoms with Crippen LogP contribution < -0.4 is 5.56 Å². The summed E-state index contributed by atoms with van der Waals surface area (Å²) in [6, 6.07) is 4.51. The third-order valence-corrected chi connectivity index (χ3v) is 5.05. The molecular weight excluding hydrogens is 357 g/mol. The van der Waals surface area contributed by atoms with E-state index >= 15 is 0 Å². The molecule has 1 N–H and O–H groups in total. The lowest BCUT2D eigenvalue weighted by molar-refractivity contribution is 0.241. The maximum atomic E-state index is 13.2. The third-order valence-electron chi connectivity index (χ3n) is 3.87. The summed E-state index contributed by atoms with van der Waals surface area (Å²) in [4.78, 5) is 20.6. The first-order valence-corrected chi connectivity index (χ1v) is 9.49. The number of fused-ring (bicyclic) bond motifs is 1. The van der Waals surface area contributed by atoms with E-state index < -0.39 is 21.2 Å². The Kier molecular flexibility index (Phi) is 4.46. The van der Waals surface area contributed by atoms with Crippen molar-refractivity contribution in [2.75, 3.05) is 12.8 Å². The van der Waals surface area contributed by atoms with E-state index in [0.29, 0.717) is 37.3 Å². The Labute approximate surface area is 143 Å². The molecule has 0 saturated heterocycles.